The van der Waals surface area contributed by atoms with E-state index in [0.717, 1.165) is 48.0 Å². The number of nitrogens with one attached hydrogen (secondary N) is 1. The first kappa shape index (κ1) is 20.3. The largest absolute Gasteiger partial charge is 0.494 e. The second-order valence-corrected chi connectivity index (χ2v) is 7.22. The molecule has 0 saturated carbocycles. The zero-order chi connectivity index (χ0) is 19.8. The molecule has 0 fully saturated rings. The van der Waals surface area contributed by atoms with E-state index in [4.69, 9.17) is 9.26 Å². The molecule has 3 aromatic rings. The molecule has 0 aliphatic rings. The van der Waals surface area contributed by atoms with Crippen molar-refractivity contribution in [1.29, 1.82) is 0 Å². The van der Waals surface area contributed by atoms with Gasteiger partial charge in [-0.05, 0) is 48.9 Å². The summed E-state index contributed by atoms with van der Waals surface area (Å²) in [5.74, 6) is 2.20. The Hall–Kier alpha value is -2.40. The molecule has 0 radical (unpaired) electrons. The highest BCUT2D eigenvalue weighted by molar-refractivity contribution is 5.87. The first-order chi connectivity index (χ1) is 13.7. The van der Waals surface area contributed by atoms with Crippen LogP contribution in [0.25, 0.3) is 22.2 Å². The molecule has 1 atom stereocenters. The molecule has 0 aliphatic carbocycles. The molecule has 0 saturated heterocycles. The molecule has 5 nitrogen and oxygen atoms in total. The first-order valence-corrected chi connectivity index (χ1v) is 10.4. The Morgan fingerprint density at radius 2 is 1.82 bits per heavy atom. The van der Waals surface area contributed by atoms with Crippen LogP contribution in [0.15, 0.2) is 40.9 Å². The summed E-state index contributed by atoms with van der Waals surface area (Å²) in [5, 5.41) is 9.70. The SMILES string of the molecule is CCCCCCOc1ccc2cc(-c3noc([C@H](CCC)NC)n3)ccc2c1. The Kier molecular flexibility index (Phi) is 7.43. The van der Waals surface area contributed by atoms with Crippen molar-refractivity contribution in [3.63, 3.8) is 0 Å². The van der Waals surface area contributed by atoms with Crippen LogP contribution in [0, 0.1) is 0 Å². The third kappa shape index (κ3) is 5.10. The van der Waals surface area contributed by atoms with Crippen LogP contribution in [0.2, 0.25) is 0 Å². The second-order valence-electron chi connectivity index (χ2n) is 7.22. The molecule has 0 aliphatic heterocycles. The molecular weight excluding hydrogens is 350 g/mol. The topological polar surface area (TPSA) is 60.2 Å². The minimum Gasteiger partial charge on any atom is -0.494 e. The van der Waals surface area contributed by atoms with Gasteiger partial charge in [-0.3, -0.25) is 0 Å². The van der Waals surface area contributed by atoms with E-state index in [1.807, 2.05) is 19.2 Å². The van der Waals surface area contributed by atoms with Crippen LogP contribution in [-0.4, -0.2) is 23.8 Å². The quantitative estimate of drug-likeness (QED) is 0.418. The summed E-state index contributed by atoms with van der Waals surface area (Å²) in [6, 6.07) is 12.6. The van der Waals surface area contributed by atoms with Gasteiger partial charge in [0, 0.05) is 5.56 Å². The van der Waals surface area contributed by atoms with Crippen molar-refractivity contribution in [3.05, 3.63) is 42.3 Å². The van der Waals surface area contributed by atoms with E-state index in [2.05, 4.69) is 53.6 Å². The van der Waals surface area contributed by atoms with E-state index in [1.54, 1.807) is 0 Å². The Morgan fingerprint density at radius 1 is 1.00 bits per heavy atom. The van der Waals surface area contributed by atoms with Crippen molar-refractivity contribution in [2.45, 2.75) is 58.4 Å². The van der Waals surface area contributed by atoms with Crippen molar-refractivity contribution in [2.75, 3.05) is 13.7 Å². The lowest BCUT2D eigenvalue weighted by atomic mass is 10.1. The maximum Gasteiger partial charge on any atom is 0.244 e. The number of rotatable bonds is 11. The van der Waals surface area contributed by atoms with Crippen LogP contribution < -0.4 is 10.1 Å². The minimum atomic E-state index is 0.101. The third-order valence-electron chi connectivity index (χ3n) is 5.00. The number of fused-ring (bicyclic) bond motifs is 1. The standard InChI is InChI=1S/C23H31N3O2/c1-4-6-7-8-14-27-20-13-12-17-15-19(11-10-18(17)16-20)22-25-23(28-26-22)21(24-3)9-5-2/h10-13,15-16,21,24H,4-9,14H2,1-3H3/t21-/m0/s1. The molecule has 1 heterocycles. The van der Waals surface area contributed by atoms with E-state index in [9.17, 15) is 0 Å². The molecule has 0 bridgehead atoms. The van der Waals surface area contributed by atoms with E-state index in [0.29, 0.717) is 11.7 Å². The lowest BCUT2D eigenvalue weighted by molar-refractivity contribution is 0.305. The molecule has 5 heteroatoms. The number of benzene rings is 2. The number of unbranched alkanes of at least 4 members (excludes halogenated alkanes) is 3. The first-order valence-electron chi connectivity index (χ1n) is 10.4. The molecule has 0 unspecified atom stereocenters. The number of nitrogens with zero attached hydrogens (tertiary/aromatic N) is 2. The van der Waals surface area contributed by atoms with Crippen LogP contribution in [0.1, 0.15) is 64.3 Å². The van der Waals surface area contributed by atoms with Gasteiger partial charge in [-0.25, -0.2) is 0 Å². The van der Waals surface area contributed by atoms with Gasteiger partial charge in [-0.1, -0.05) is 62.9 Å². The van der Waals surface area contributed by atoms with Gasteiger partial charge in [0.25, 0.3) is 0 Å². The highest BCUT2D eigenvalue weighted by Gasteiger charge is 2.17. The minimum absolute atomic E-state index is 0.101. The summed E-state index contributed by atoms with van der Waals surface area (Å²) in [7, 11) is 1.92. The van der Waals surface area contributed by atoms with Crippen LogP contribution in [0.4, 0.5) is 0 Å². The Balaban J connectivity index is 1.71. The Labute approximate surface area is 167 Å². The highest BCUT2D eigenvalue weighted by atomic mass is 16.5. The predicted molar refractivity (Wildman–Crippen MR) is 114 cm³/mol. The maximum absolute atomic E-state index is 5.89. The smallest absolute Gasteiger partial charge is 0.244 e. The molecule has 0 amide bonds. The second kappa shape index (κ2) is 10.2. The number of ether oxygens (including phenoxy) is 1. The van der Waals surface area contributed by atoms with E-state index in [-0.39, 0.29) is 6.04 Å². The fourth-order valence-corrected chi connectivity index (χ4v) is 3.35. The molecule has 0 spiro atoms. The summed E-state index contributed by atoms with van der Waals surface area (Å²) in [4.78, 5) is 4.59. The lowest BCUT2D eigenvalue weighted by Gasteiger charge is -2.09. The van der Waals surface area contributed by atoms with Crippen LogP contribution >= 0.6 is 0 Å². The average molecular weight is 382 g/mol. The Bertz CT molecular complexity index is 875. The van der Waals surface area contributed by atoms with Gasteiger partial charge in [-0.15, -0.1) is 0 Å². The molecule has 1 N–H and O–H groups in total. The zero-order valence-corrected chi connectivity index (χ0v) is 17.2. The van der Waals surface area contributed by atoms with Gasteiger partial charge in [0.15, 0.2) is 0 Å². The molecule has 28 heavy (non-hydrogen) atoms. The molecule has 1 aromatic heterocycles. The van der Waals surface area contributed by atoms with Gasteiger partial charge < -0.3 is 14.6 Å². The van der Waals surface area contributed by atoms with Gasteiger partial charge in [0.2, 0.25) is 11.7 Å². The Morgan fingerprint density at radius 3 is 2.61 bits per heavy atom. The van der Waals surface area contributed by atoms with Crippen LogP contribution in [0.3, 0.4) is 0 Å². The number of hydrogen-bond donors (Lipinski definition) is 1. The van der Waals surface area contributed by atoms with Gasteiger partial charge in [-0.2, -0.15) is 4.98 Å². The van der Waals surface area contributed by atoms with Crippen molar-refractivity contribution in [2.24, 2.45) is 0 Å². The molecule has 2 aromatic carbocycles. The van der Waals surface area contributed by atoms with E-state index >= 15 is 0 Å². The summed E-state index contributed by atoms with van der Waals surface area (Å²) in [6.07, 6.45) is 6.88. The average Bonchev–Trinajstić information content (AvgIpc) is 3.21. The van der Waals surface area contributed by atoms with E-state index < -0.39 is 0 Å². The van der Waals surface area contributed by atoms with Gasteiger partial charge in [0.05, 0.1) is 12.6 Å². The van der Waals surface area contributed by atoms with Crippen molar-refractivity contribution in [3.8, 4) is 17.1 Å². The number of aromatic nitrogens is 2. The van der Waals surface area contributed by atoms with Crippen molar-refractivity contribution < 1.29 is 9.26 Å². The summed E-state index contributed by atoms with van der Waals surface area (Å²) < 4.78 is 11.4. The zero-order valence-electron chi connectivity index (χ0n) is 17.2. The van der Waals surface area contributed by atoms with Crippen molar-refractivity contribution in [1.82, 2.24) is 15.5 Å². The molecule has 3 rings (SSSR count). The predicted octanol–water partition coefficient (Wildman–Crippen LogP) is 5.91. The monoisotopic (exact) mass is 381 g/mol. The fraction of sp³-hybridized carbons (Fsp3) is 0.478. The van der Waals surface area contributed by atoms with Gasteiger partial charge in [0.1, 0.15) is 5.75 Å². The summed E-state index contributed by atoms with van der Waals surface area (Å²) in [5.41, 5.74) is 0.960. The highest BCUT2D eigenvalue weighted by Crippen LogP contribution is 2.27. The third-order valence-corrected chi connectivity index (χ3v) is 5.00. The molecular formula is C23H31N3O2. The summed E-state index contributed by atoms with van der Waals surface area (Å²) >= 11 is 0. The normalized spacial score (nSPS) is 12.4. The maximum atomic E-state index is 5.89. The lowest BCUT2D eigenvalue weighted by Crippen LogP contribution is -2.16. The van der Waals surface area contributed by atoms with Gasteiger partial charge >= 0.3 is 0 Å². The molecule has 150 valence electrons. The summed E-state index contributed by atoms with van der Waals surface area (Å²) in [6.45, 7) is 5.14. The van der Waals surface area contributed by atoms with Crippen LogP contribution in [-0.2, 0) is 0 Å². The number of hydrogen-bond acceptors (Lipinski definition) is 5. The van der Waals surface area contributed by atoms with E-state index in [1.165, 1.54) is 19.3 Å². The van der Waals surface area contributed by atoms with Crippen LogP contribution in [0.5, 0.6) is 5.75 Å². The fourth-order valence-electron chi connectivity index (χ4n) is 3.35. The van der Waals surface area contributed by atoms with Crippen molar-refractivity contribution >= 4 is 10.8 Å².